The molecular formula is C21H19N3O3. The Morgan fingerprint density at radius 1 is 1.07 bits per heavy atom. The fourth-order valence-electron chi connectivity index (χ4n) is 3.24. The summed E-state index contributed by atoms with van der Waals surface area (Å²) in [6.45, 7) is 2.95. The van der Waals surface area contributed by atoms with E-state index in [4.69, 9.17) is 4.52 Å². The maximum Gasteiger partial charge on any atom is 0.277 e. The maximum atomic E-state index is 12.7. The topological polar surface area (TPSA) is 75.4 Å². The van der Waals surface area contributed by atoms with E-state index in [9.17, 15) is 9.59 Å². The predicted molar refractivity (Wildman–Crippen MR) is 101 cm³/mol. The second-order valence-electron chi connectivity index (χ2n) is 6.60. The first-order valence-corrected chi connectivity index (χ1v) is 8.81. The number of fused-ring (bicyclic) bond motifs is 1. The molecule has 0 spiro atoms. The summed E-state index contributed by atoms with van der Waals surface area (Å²) in [5, 5.41) is 6.56. The summed E-state index contributed by atoms with van der Waals surface area (Å²) in [5.74, 6) is 0.286. The number of nitrogens with one attached hydrogen (secondary N) is 1. The molecule has 1 aliphatic rings. The summed E-state index contributed by atoms with van der Waals surface area (Å²) in [7, 11) is 0. The van der Waals surface area contributed by atoms with Gasteiger partial charge in [0.05, 0.1) is 0 Å². The van der Waals surface area contributed by atoms with Gasteiger partial charge in [0.1, 0.15) is 5.76 Å². The van der Waals surface area contributed by atoms with Gasteiger partial charge >= 0.3 is 0 Å². The van der Waals surface area contributed by atoms with Crippen LogP contribution in [0.5, 0.6) is 0 Å². The smallest absolute Gasteiger partial charge is 0.277 e. The Morgan fingerprint density at radius 3 is 2.63 bits per heavy atom. The minimum atomic E-state index is -0.320. The fourth-order valence-corrected chi connectivity index (χ4v) is 3.24. The molecule has 2 amide bonds. The van der Waals surface area contributed by atoms with Crippen molar-refractivity contribution < 1.29 is 14.1 Å². The van der Waals surface area contributed by atoms with Gasteiger partial charge in [0.2, 0.25) is 0 Å². The molecule has 0 aliphatic carbocycles. The van der Waals surface area contributed by atoms with Gasteiger partial charge < -0.3 is 14.7 Å². The first-order valence-electron chi connectivity index (χ1n) is 8.81. The number of hydrogen-bond acceptors (Lipinski definition) is 4. The zero-order valence-corrected chi connectivity index (χ0v) is 14.9. The SMILES string of the molecule is Cc1cc(C(=O)Nc2ccc3c(c2)CN(C(=O)c2ccccc2)CC3)no1. The monoisotopic (exact) mass is 361 g/mol. The second kappa shape index (κ2) is 7.07. The maximum absolute atomic E-state index is 12.7. The van der Waals surface area contributed by atoms with Crippen LogP contribution in [0, 0.1) is 6.92 Å². The number of aromatic nitrogens is 1. The van der Waals surface area contributed by atoms with Gasteiger partial charge in [0.15, 0.2) is 5.69 Å². The van der Waals surface area contributed by atoms with Crippen LogP contribution in [-0.2, 0) is 13.0 Å². The van der Waals surface area contributed by atoms with Crippen molar-refractivity contribution in [3.63, 3.8) is 0 Å². The van der Waals surface area contributed by atoms with E-state index in [1.54, 1.807) is 13.0 Å². The van der Waals surface area contributed by atoms with E-state index >= 15 is 0 Å². The van der Waals surface area contributed by atoms with Crippen LogP contribution in [0.4, 0.5) is 5.69 Å². The zero-order valence-electron chi connectivity index (χ0n) is 14.9. The number of rotatable bonds is 3. The summed E-state index contributed by atoms with van der Waals surface area (Å²) < 4.78 is 4.94. The Kier molecular flexibility index (Phi) is 4.46. The lowest BCUT2D eigenvalue weighted by Crippen LogP contribution is -2.36. The van der Waals surface area contributed by atoms with Crippen LogP contribution >= 0.6 is 0 Å². The standard InChI is InChI=1S/C21H19N3O3/c1-14-11-19(23-27-14)20(25)22-18-8-7-15-9-10-24(13-17(15)12-18)21(26)16-5-3-2-4-6-16/h2-8,11-12H,9-10,13H2,1H3,(H,22,25). The molecule has 0 saturated heterocycles. The molecule has 0 bridgehead atoms. The van der Waals surface area contributed by atoms with Crippen LogP contribution in [-0.4, -0.2) is 28.4 Å². The van der Waals surface area contributed by atoms with Crippen molar-refractivity contribution in [1.82, 2.24) is 10.1 Å². The lowest BCUT2D eigenvalue weighted by molar-refractivity contribution is 0.0734. The molecule has 3 aromatic rings. The van der Waals surface area contributed by atoms with E-state index in [1.165, 1.54) is 5.56 Å². The number of carbonyl (C=O) groups is 2. The van der Waals surface area contributed by atoms with Gasteiger partial charge in [-0.3, -0.25) is 9.59 Å². The molecule has 6 heteroatoms. The number of benzene rings is 2. The molecule has 1 aromatic heterocycles. The Hall–Kier alpha value is -3.41. The van der Waals surface area contributed by atoms with Gasteiger partial charge in [-0.2, -0.15) is 0 Å². The molecule has 0 atom stereocenters. The number of aryl methyl sites for hydroxylation is 1. The summed E-state index contributed by atoms with van der Waals surface area (Å²) in [5.41, 5.74) is 3.84. The molecule has 1 N–H and O–H groups in total. The van der Waals surface area contributed by atoms with E-state index < -0.39 is 0 Å². The highest BCUT2D eigenvalue weighted by Crippen LogP contribution is 2.24. The summed E-state index contributed by atoms with van der Waals surface area (Å²) in [6.07, 6.45) is 0.796. The molecule has 0 unspecified atom stereocenters. The summed E-state index contributed by atoms with van der Waals surface area (Å²) in [4.78, 5) is 26.8. The second-order valence-corrected chi connectivity index (χ2v) is 6.60. The van der Waals surface area contributed by atoms with E-state index in [-0.39, 0.29) is 17.5 Å². The van der Waals surface area contributed by atoms with Crippen molar-refractivity contribution in [3.05, 3.63) is 82.7 Å². The number of carbonyl (C=O) groups excluding carboxylic acids is 2. The predicted octanol–water partition coefficient (Wildman–Crippen LogP) is 3.43. The molecule has 1 aliphatic heterocycles. The van der Waals surface area contributed by atoms with Gasteiger partial charge in [-0.15, -0.1) is 0 Å². The van der Waals surface area contributed by atoms with Crippen LogP contribution in [0.1, 0.15) is 37.7 Å². The number of nitrogens with zero attached hydrogens (tertiary/aromatic N) is 2. The highest BCUT2D eigenvalue weighted by Gasteiger charge is 2.22. The van der Waals surface area contributed by atoms with E-state index in [0.717, 1.165) is 12.0 Å². The average molecular weight is 361 g/mol. The van der Waals surface area contributed by atoms with E-state index in [2.05, 4.69) is 10.5 Å². The van der Waals surface area contributed by atoms with Crippen molar-refractivity contribution in [3.8, 4) is 0 Å². The first kappa shape index (κ1) is 17.0. The first-order chi connectivity index (χ1) is 13.1. The quantitative estimate of drug-likeness (QED) is 0.775. The minimum Gasteiger partial charge on any atom is -0.361 e. The number of hydrogen-bond donors (Lipinski definition) is 1. The van der Waals surface area contributed by atoms with Gasteiger partial charge in [0.25, 0.3) is 11.8 Å². The molecule has 2 aromatic carbocycles. The lowest BCUT2D eigenvalue weighted by Gasteiger charge is -2.29. The van der Waals surface area contributed by atoms with Crippen molar-refractivity contribution in [2.75, 3.05) is 11.9 Å². The molecular weight excluding hydrogens is 342 g/mol. The average Bonchev–Trinajstić information content (AvgIpc) is 3.14. The summed E-state index contributed by atoms with van der Waals surface area (Å²) >= 11 is 0. The van der Waals surface area contributed by atoms with E-state index in [1.807, 2.05) is 53.4 Å². The Morgan fingerprint density at radius 2 is 1.89 bits per heavy atom. The molecule has 136 valence electrons. The van der Waals surface area contributed by atoms with Crippen LogP contribution < -0.4 is 5.32 Å². The van der Waals surface area contributed by atoms with Gasteiger partial charge in [-0.05, 0) is 48.7 Å². The lowest BCUT2D eigenvalue weighted by atomic mass is 9.98. The third-order valence-corrected chi connectivity index (χ3v) is 4.64. The largest absolute Gasteiger partial charge is 0.361 e. The van der Waals surface area contributed by atoms with Crippen molar-refractivity contribution in [1.29, 1.82) is 0 Å². The zero-order chi connectivity index (χ0) is 18.8. The van der Waals surface area contributed by atoms with Gasteiger partial charge in [0, 0.05) is 30.4 Å². The third kappa shape index (κ3) is 3.60. The summed E-state index contributed by atoms with van der Waals surface area (Å²) in [6, 6.07) is 16.7. The van der Waals surface area contributed by atoms with Crippen molar-refractivity contribution in [2.45, 2.75) is 19.9 Å². The molecule has 0 fully saturated rings. The number of amides is 2. The van der Waals surface area contributed by atoms with Crippen LogP contribution in [0.15, 0.2) is 59.1 Å². The third-order valence-electron chi connectivity index (χ3n) is 4.64. The fraction of sp³-hybridized carbons (Fsp3) is 0.190. The van der Waals surface area contributed by atoms with Crippen LogP contribution in [0.25, 0.3) is 0 Å². The minimum absolute atomic E-state index is 0.0220. The van der Waals surface area contributed by atoms with Crippen LogP contribution in [0.2, 0.25) is 0 Å². The van der Waals surface area contributed by atoms with E-state index in [0.29, 0.717) is 30.1 Å². The Labute approximate surface area is 156 Å². The normalized spacial score (nSPS) is 13.1. The van der Waals surface area contributed by atoms with Crippen molar-refractivity contribution >= 4 is 17.5 Å². The number of anilines is 1. The molecule has 0 saturated carbocycles. The van der Waals surface area contributed by atoms with Crippen molar-refractivity contribution in [2.24, 2.45) is 0 Å². The molecule has 0 radical (unpaired) electrons. The highest BCUT2D eigenvalue weighted by molar-refractivity contribution is 6.02. The van der Waals surface area contributed by atoms with Gasteiger partial charge in [-0.1, -0.05) is 29.4 Å². The molecule has 6 nitrogen and oxygen atoms in total. The Bertz CT molecular complexity index is 995. The van der Waals surface area contributed by atoms with Crippen LogP contribution in [0.3, 0.4) is 0 Å². The Balaban J connectivity index is 1.50. The highest BCUT2D eigenvalue weighted by atomic mass is 16.5. The molecule has 27 heavy (non-hydrogen) atoms. The van der Waals surface area contributed by atoms with Gasteiger partial charge in [-0.25, -0.2) is 0 Å². The molecule has 4 rings (SSSR count). The molecule has 2 heterocycles.